The van der Waals surface area contributed by atoms with Gasteiger partial charge in [-0.15, -0.1) is 0 Å². The lowest BCUT2D eigenvalue weighted by Gasteiger charge is -2.16. The Kier molecular flexibility index (Phi) is 4.92. The van der Waals surface area contributed by atoms with Crippen LogP contribution in [-0.2, 0) is 4.74 Å². The molecule has 2 amide bonds. The zero-order valence-corrected chi connectivity index (χ0v) is 11.5. The SMILES string of the molecule is O=C(O)N(/C=C/F)CCC1CN(c2ccc(F)cc2)C(=O)O1. The van der Waals surface area contributed by atoms with Crippen LogP contribution in [-0.4, -0.2) is 41.4 Å². The van der Waals surface area contributed by atoms with Gasteiger partial charge in [0.15, 0.2) is 0 Å². The maximum Gasteiger partial charge on any atom is 0.414 e. The summed E-state index contributed by atoms with van der Waals surface area (Å²) < 4.78 is 30.1. The lowest BCUT2D eigenvalue weighted by molar-refractivity contribution is 0.126. The molecule has 0 aliphatic carbocycles. The van der Waals surface area contributed by atoms with E-state index in [1.54, 1.807) is 0 Å². The summed E-state index contributed by atoms with van der Waals surface area (Å²) in [6, 6.07) is 5.37. The van der Waals surface area contributed by atoms with Crippen LogP contribution in [0.4, 0.5) is 24.1 Å². The smallest absolute Gasteiger partial charge is 0.414 e. The minimum Gasteiger partial charge on any atom is -0.465 e. The molecule has 1 fully saturated rings. The Morgan fingerprint density at radius 2 is 2.14 bits per heavy atom. The van der Waals surface area contributed by atoms with Crippen LogP contribution in [0.1, 0.15) is 6.42 Å². The van der Waals surface area contributed by atoms with Crippen molar-refractivity contribution in [2.45, 2.75) is 12.5 Å². The van der Waals surface area contributed by atoms with E-state index in [1.165, 1.54) is 29.2 Å². The van der Waals surface area contributed by atoms with Crippen molar-refractivity contribution in [2.75, 3.05) is 18.0 Å². The van der Waals surface area contributed by atoms with E-state index in [1.807, 2.05) is 0 Å². The Labute approximate surface area is 125 Å². The molecule has 1 aromatic rings. The molecular formula is C14H14F2N2O4. The van der Waals surface area contributed by atoms with Crippen LogP contribution in [0, 0.1) is 5.82 Å². The van der Waals surface area contributed by atoms with Gasteiger partial charge in [-0.2, -0.15) is 0 Å². The van der Waals surface area contributed by atoms with Gasteiger partial charge >= 0.3 is 12.2 Å². The Bertz CT molecular complexity index is 577. The lowest BCUT2D eigenvalue weighted by atomic mass is 10.2. The highest BCUT2D eigenvalue weighted by Crippen LogP contribution is 2.23. The summed E-state index contributed by atoms with van der Waals surface area (Å²) in [7, 11) is 0. The molecule has 8 heteroatoms. The minimum absolute atomic E-state index is 0.00897. The Morgan fingerprint density at radius 1 is 1.45 bits per heavy atom. The molecule has 1 aliphatic rings. The quantitative estimate of drug-likeness (QED) is 0.907. The number of rotatable bonds is 5. The summed E-state index contributed by atoms with van der Waals surface area (Å²) in [6.45, 7) is 0.211. The van der Waals surface area contributed by atoms with E-state index in [0.29, 0.717) is 5.69 Å². The van der Waals surface area contributed by atoms with Gasteiger partial charge < -0.3 is 9.84 Å². The van der Waals surface area contributed by atoms with Crippen LogP contribution in [0.5, 0.6) is 0 Å². The molecule has 0 bridgehead atoms. The third-order valence-electron chi connectivity index (χ3n) is 3.19. The molecular weight excluding hydrogens is 298 g/mol. The van der Waals surface area contributed by atoms with Crippen LogP contribution < -0.4 is 4.90 Å². The number of nitrogens with zero attached hydrogens (tertiary/aromatic N) is 2. The number of hydrogen-bond acceptors (Lipinski definition) is 3. The maximum absolute atomic E-state index is 12.9. The van der Waals surface area contributed by atoms with Gasteiger partial charge in [0.2, 0.25) is 0 Å². The van der Waals surface area contributed by atoms with Gasteiger partial charge in [0, 0.05) is 24.9 Å². The lowest BCUT2D eigenvalue weighted by Crippen LogP contribution is -2.29. The first kappa shape index (κ1) is 15.7. The number of ether oxygens (including phenoxy) is 1. The van der Waals surface area contributed by atoms with Gasteiger partial charge in [-0.25, -0.2) is 18.4 Å². The van der Waals surface area contributed by atoms with Crippen molar-refractivity contribution in [3.8, 4) is 0 Å². The first-order valence-electron chi connectivity index (χ1n) is 6.51. The second kappa shape index (κ2) is 6.88. The summed E-state index contributed by atoms with van der Waals surface area (Å²) >= 11 is 0. The molecule has 0 spiro atoms. The normalized spacial score (nSPS) is 17.8. The monoisotopic (exact) mass is 312 g/mol. The molecule has 6 nitrogen and oxygen atoms in total. The van der Waals surface area contributed by atoms with E-state index in [0.717, 1.165) is 11.1 Å². The number of benzene rings is 1. The number of hydrogen-bond donors (Lipinski definition) is 1. The van der Waals surface area contributed by atoms with Crippen LogP contribution in [0.3, 0.4) is 0 Å². The molecule has 1 N–H and O–H groups in total. The zero-order valence-electron chi connectivity index (χ0n) is 11.5. The molecule has 1 aromatic carbocycles. The number of amides is 2. The molecule has 0 saturated carbocycles. The highest BCUT2D eigenvalue weighted by Gasteiger charge is 2.32. The van der Waals surface area contributed by atoms with E-state index < -0.39 is 24.1 Å². The van der Waals surface area contributed by atoms with Gasteiger partial charge in [-0.1, -0.05) is 0 Å². The Morgan fingerprint density at radius 3 is 2.73 bits per heavy atom. The molecule has 0 aromatic heterocycles. The standard InChI is InChI=1S/C14H14F2N2O4/c15-6-8-17(13(19)20)7-5-12-9-18(14(21)22-12)11-3-1-10(16)2-4-11/h1-4,6,8,12H,5,7,9H2,(H,19,20)/b8-6+. The van der Waals surface area contributed by atoms with Crippen molar-refractivity contribution in [3.63, 3.8) is 0 Å². The number of halogens is 2. The summed E-state index contributed by atoms with van der Waals surface area (Å²) in [6.07, 6.45) is -1.27. The predicted molar refractivity (Wildman–Crippen MR) is 73.6 cm³/mol. The Balaban J connectivity index is 1.94. The second-order valence-electron chi connectivity index (χ2n) is 4.63. The van der Waals surface area contributed by atoms with Crippen LogP contribution in [0.25, 0.3) is 0 Å². The topological polar surface area (TPSA) is 70.1 Å². The fraction of sp³-hybridized carbons (Fsp3) is 0.286. The van der Waals surface area contributed by atoms with Crippen molar-refractivity contribution in [3.05, 3.63) is 42.6 Å². The van der Waals surface area contributed by atoms with Crippen molar-refractivity contribution >= 4 is 17.9 Å². The predicted octanol–water partition coefficient (Wildman–Crippen LogP) is 2.96. The Hall–Kier alpha value is -2.64. The number of anilines is 1. The third-order valence-corrected chi connectivity index (χ3v) is 3.19. The molecule has 1 unspecified atom stereocenters. The summed E-state index contributed by atoms with van der Waals surface area (Å²) in [5.41, 5.74) is 0.493. The number of cyclic esters (lactones) is 1. The van der Waals surface area contributed by atoms with Crippen LogP contribution in [0.15, 0.2) is 36.8 Å². The van der Waals surface area contributed by atoms with E-state index in [9.17, 15) is 18.4 Å². The molecule has 118 valence electrons. The van der Waals surface area contributed by atoms with Crippen LogP contribution >= 0.6 is 0 Å². The fourth-order valence-electron chi connectivity index (χ4n) is 2.09. The summed E-state index contributed by atoms with van der Waals surface area (Å²) in [5.74, 6) is -0.414. The average molecular weight is 312 g/mol. The van der Waals surface area contributed by atoms with Gasteiger partial charge in [-0.05, 0) is 24.3 Å². The molecule has 1 saturated heterocycles. The highest BCUT2D eigenvalue weighted by molar-refractivity contribution is 5.89. The summed E-state index contributed by atoms with van der Waals surface area (Å²) in [5, 5.41) is 8.84. The van der Waals surface area contributed by atoms with E-state index >= 15 is 0 Å². The number of carbonyl (C=O) groups is 2. The minimum atomic E-state index is -1.30. The van der Waals surface area contributed by atoms with E-state index in [-0.39, 0.29) is 25.8 Å². The molecule has 1 aliphatic heterocycles. The first-order valence-corrected chi connectivity index (χ1v) is 6.51. The summed E-state index contributed by atoms with van der Waals surface area (Å²) in [4.78, 5) is 24.7. The van der Waals surface area contributed by atoms with Crippen molar-refractivity contribution < 1.29 is 28.2 Å². The van der Waals surface area contributed by atoms with Gasteiger partial charge in [0.05, 0.1) is 6.54 Å². The first-order chi connectivity index (χ1) is 10.5. The van der Waals surface area contributed by atoms with Crippen molar-refractivity contribution in [1.29, 1.82) is 0 Å². The molecule has 0 radical (unpaired) electrons. The van der Waals surface area contributed by atoms with E-state index in [2.05, 4.69) is 0 Å². The number of carbonyl (C=O) groups excluding carboxylic acids is 1. The highest BCUT2D eigenvalue weighted by atomic mass is 19.1. The molecule has 1 atom stereocenters. The largest absolute Gasteiger partial charge is 0.465 e. The second-order valence-corrected chi connectivity index (χ2v) is 4.63. The van der Waals surface area contributed by atoms with Gasteiger partial charge in [-0.3, -0.25) is 9.80 Å². The van der Waals surface area contributed by atoms with Crippen molar-refractivity contribution in [2.24, 2.45) is 0 Å². The molecule has 2 rings (SSSR count). The zero-order chi connectivity index (χ0) is 16.1. The fourth-order valence-corrected chi connectivity index (χ4v) is 2.09. The average Bonchev–Trinajstić information content (AvgIpc) is 2.85. The van der Waals surface area contributed by atoms with Gasteiger partial charge in [0.25, 0.3) is 0 Å². The molecule has 1 heterocycles. The van der Waals surface area contributed by atoms with Crippen LogP contribution in [0.2, 0.25) is 0 Å². The van der Waals surface area contributed by atoms with E-state index in [4.69, 9.17) is 9.84 Å². The maximum atomic E-state index is 12.9. The third kappa shape index (κ3) is 3.72. The van der Waals surface area contributed by atoms with Crippen molar-refractivity contribution in [1.82, 2.24) is 4.90 Å². The van der Waals surface area contributed by atoms with Gasteiger partial charge in [0.1, 0.15) is 18.3 Å². The molecule has 22 heavy (non-hydrogen) atoms. The number of carboxylic acid groups (broad SMARTS) is 1.